The van der Waals surface area contributed by atoms with Gasteiger partial charge in [-0.2, -0.15) is 0 Å². The van der Waals surface area contributed by atoms with E-state index in [9.17, 15) is 19.2 Å². The van der Waals surface area contributed by atoms with E-state index in [1.165, 1.54) is 64.8 Å². The standard InChI is InChI=1S/C39H46O10Si/c1-24(2)50(25(3)4,26(5)6)12-11-27-13-28(22-48-34-18-30(36(40)44-7)16-31(19-34)37(41)45-8)15-29(14-27)23-49-35-20-32(38(42)46-9)17-33(21-35)39(43)47-10/h13-21,24-26H,22-23H2,1-10H3. The van der Waals surface area contributed by atoms with Crippen LogP contribution in [0.4, 0.5) is 0 Å². The minimum atomic E-state index is -2.07. The molecule has 3 rings (SSSR count). The van der Waals surface area contributed by atoms with Crippen molar-refractivity contribution in [2.45, 2.75) is 71.4 Å². The first kappa shape index (κ1) is 39.4. The van der Waals surface area contributed by atoms with Crippen molar-refractivity contribution >= 4 is 32.0 Å². The predicted molar refractivity (Wildman–Crippen MR) is 191 cm³/mol. The Morgan fingerprint density at radius 1 is 0.520 bits per heavy atom. The van der Waals surface area contributed by atoms with E-state index < -0.39 is 32.0 Å². The minimum absolute atomic E-state index is 0.0686. The highest BCUT2D eigenvalue weighted by Gasteiger charge is 2.41. The minimum Gasteiger partial charge on any atom is -0.489 e. The van der Waals surface area contributed by atoms with Crippen LogP contribution in [-0.4, -0.2) is 60.4 Å². The van der Waals surface area contributed by atoms with Crippen LogP contribution >= 0.6 is 0 Å². The second kappa shape index (κ2) is 17.5. The fraction of sp³-hybridized carbons (Fsp3) is 0.385. The van der Waals surface area contributed by atoms with Gasteiger partial charge in [0.1, 0.15) is 32.8 Å². The van der Waals surface area contributed by atoms with E-state index >= 15 is 0 Å². The summed E-state index contributed by atoms with van der Waals surface area (Å²) < 4.78 is 31.6. The van der Waals surface area contributed by atoms with Gasteiger partial charge in [-0.15, -0.1) is 5.54 Å². The number of ether oxygens (including phenoxy) is 6. The van der Waals surface area contributed by atoms with Crippen molar-refractivity contribution in [2.24, 2.45) is 0 Å². The molecule has 0 N–H and O–H groups in total. The van der Waals surface area contributed by atoms with Crippen LogP contribution in [0.5, 0.6) is 11.5 Å². The fourth-order valence-electron chi connectivity index (χ4n) is 6.26. The van der Waals surface area contributed by atoms with Crippen LogP contribution in [0.3, 0.4) is 0 Å². The zero-order chi connectivity index (χ0) is 37.2. The fourth-order valence-corrected chi connectivity index (χ4v) is 11.5. The Labute approximate surface area is 295 Å². The van der Waals surface area contributed by atoms with Crippen LogP contribution in [0.25, 0.3) is 0 Å². The van der Waals surface area contributed by atoms with Crippen molar-refractivity contribution in [1.29, 1.82) is 0 Å². The number of carbonyl (C=O) groups is 4. The summed E-state index contributed by atoms with van der Waals surface area (Å²) in [6, 6.07) is 14.5. The summed E-state index contributed by atoms with van der Waals surface area (Å²) in [7, 11) is 2.94. The molecule has 0 saturated heterocycles. The molecule has 266 valence electrons. The lowest BCUT2D eigenvalue weighted by Gasteiger charge is -2.38. The van der Waals surface area contributed by atoms with Crippen molar-refractivity contribution in [3.63, 3.8) is 0 Å². The zero-order valence-electron chi connectivity index (χ0n) is 30.4. The maximum absolute atomic E-state index is 12.3. The molecule has 0 aliphatic heterocycles. The Morgan fingerprint density at radius 3 is 1.12 bits per heavy atom. The highest BCUT2D eigenvalue weighted by molar-refractivity contribution is 6.90. The molecule has 11 heteroatoms. The van der Waals surface area contributed by atoms with Gasteiger partial charge in [-0.05, 0) is 82.3 Å². The van der Waals surface area contributed by atoms with E-state index in [1.54, 1.807) is 0 Å². The summed E-state index contributed by atoms with van der Waals surface area (Å²) >= 11 is 0. The third kappa shape index (κ3) is 9.54. The van der Waals surface area contributed by atoms with Gasteiger partial charge in [0.15, 0.2) is 0 Å². The number of carbonyl (C=O) groups excluding carboxylic acids is 4. The molecule has 3 aromatic rings. The number of methoxy groups -OCH3 is 4. The maximum Gasteiger partial charge on any atom is 0.338 e. The Balaban J connectivity index is 2.08. The van der Waals surface area contributed by atoms with Crippen LogP contribution in [-0.2, 0) is 32.2 Å². The molecule has 0 atom stereocenters. The Hall–Kier alpha value is -5.08. The van der Waals surface area contributed by atoms with Crippen molar-refractivity contribution < 1.29 is 47.6 Å². The molecule has 0 amide bonds. The van der Waals surface area contributed by atoms with Gasteiger partial charge >= 0.3 is 23.9 Å². The third-order valence-electron chi connectivity index (χ3n) is 8.65. The summed E-state index contributed by atoms with van der Waals surface area (Å²) in [5.74, 6) is 1.51. The molecule has 0 spiro atoms. The summed E-state index contributed by atoms with van der Waals surface area (Å²) in [5, 5.41) is 0. The van der Waals surface area contributed by atoms with Crippen LogP contribution in [0.2, 0.25) is 16.6 Å². The first-order chi connectivity index (χ1) is 23.7. The molecule has 0 saturated carbocycles. The maximum atomic E-state index is 12.3. The lowest BCUT2D eigenvalue weighted by atomic mass is 10.1. The van der Waals surface area contributed by atoms with Crippen LogP contribution in [0.15, 0.2) is 54.6 Å². The first-order valence-electron chi connectivity index (χ1n) is 16.2. The number of esters is 4. The Bertz CT molecular complexity index is 1590. The van der Waals surface area contributed by atoms with E-state index in [4.69, 9.17) is 28.4 Å². The van der Waals surface area contributed by atoms with Crippen LogP contribution in [0, 0.1) is 11.5 Å². The molecule has 10 nitrogen and oxygen atoms in total. The third-order valence-corrected chi connectivity index (χ3v) is 14.9. The molecule has 0 unspecified atom stereocenters. The lowest BCUT2D eigenvalue weighted by Crippen LogP contribution is -2.43. The molecule has 0 fully saturated rings. The summed E-state index contributed by atoms with van der Waals surface area (Å²) in [6.07, 6.45) is 0. The summed E-state index contributed by atoms with van der Waals surface area (Å²) in [5.41, 5.74) is 7.87. The van der Waals surface area contributed by atoms with Crippen molar-refractivity contribution in [3.05, 3.63) is 93.5 Å². The molecule has 50 heavy (non-hydrogen) atoms. The molecular weight excluding hydrogens is 657 g/mol. The van der Waals surface area contributed by atoms with E-state index in [0.29, 0.717) is 16.6 Å². The second-order valence-corrected chi connectivity index (χ2v) is 18.3. The Morgan fingerprint density at radius 2 is 0.840 bits per heavy atom. The number of hydrogen-bond acceptors (Lipinski definition) is 10. The highest BCUT2D eigenvalue weighted by atomic mass is 28.3. The molecule has 0 heterocycles. The van der Waals surface area contributed by atoms with Gasteiger partial charge in [-0.3, -0.25) is 0 Å². The monoisotopic (exact) mass is 702 g/mol. The van der Waals surface area contributed by atoms with E-state index in [1.807, 2.05) is 18.2 Å². The summed E-state index contributed by atoms with van der Waals surface area (Å²) in [6.45, 7) is 13.6. The van der Waals surface area contributed by atoms with Gasteiger partial charge in [0, 0.05) is 5.56 Å². The molecule has 0 aliphatic carbocycles. The van der Waals surface area contributed by atoms with Gasteiger partial charge < -0.3 is 28.4 Å². The number of hydrogen-bond donors (Lipinski definition) is 0. The second-order valence-electron chi connectivity index (χ2n) is 12.7. The first-order valence-corrected chi connectivity index (χ1v) is 18.5. The van der Waals surface area contributed by atoms with Crippen molar-refractivity contribution in [1.82, 2.24) is 0 Å². The molecule has 0 aliphatic rings. The predicted octanol–water partition coefficient (Wildman–Crippen LogP) is 7.56. The van der Waals surface area contributed by atoms with Crippen molar-refractivity contribution in [3.8, 4) is 23.0 Å². The van der Waals surface area contributed by atoms with E-state index in [0.717, 1.165) is 16.7 Å². The highest BCUT2D eigenvalue weighted by Crippen LogP contribution is 2.41. The molecular formula is C39H46O10Si. The largest absolute Gasteiger partial charge is 0.489 e. The normalized spacial score (nSPS) is 11.1. The number of benzene rings is 3. The van der Waals surface area contributed by atoms with E-state index in [2.05, 4.69) is 53.0 Å². The summed E-state index contributed by atoms with van der Waals surface area (Å²) in [4.78, 5) is 49.3. The van der Waals surface area contributed by atoms with Gasteiger partial charge in [0.2, 0.25) is 0 Å². The molecule has 0 radical (unpaired) electrons. The number of rotatable bonds is 13. The van der Waals surface area contributed by atoms with E-state index in [-0.39, 0.29) is 47.0 Å². The molecule has 0 aromatic heterocycles. The Kier molecular flexibility index (Phi) is 13.8. The SMILES string of the molecule is COC(=O)c1cc(OCc2cc(C#C[Si](C(C)C)(C(C)C)C(C)C)cc(COc3cc(C(=O)OC)cc(C(=O)OC)c3)c2)cc(C(=O)OC)c1. The topological polar surface area (TPSA) is 124 Å². The smallest absolute Gasteiger partial charge is 0.338 e. The molecule has 0 bridgehead atoms. The molecule has 3 aromatic carbocycles. The average molecular weight is 703 g/mol. The van der Waals surface area contributed by atoms with Crippen LogP contribution < -0.4 is 9.47 Å². The van der Waals surface area contributed by atoms with Gasteiger partial charge in [0.05, 0.1) is 50.7 Å². The quantitative estimate of drug-likeness (QED) is 0.0763. The van der Waals surface area contributed by atoms with Gasteiger partial charge in [-0.1, -0.05) is 47.5 Å². The lowest BCUT2D eigenvalue weighted by molar-refractivity contribution is 0.0580. The van der Waals surface area contributed by atoms with Crippen LogP contribution in [0.1, 0.15) is 99.7 Å². The zero-order valence-corrected chi connectivity index (χ0v) is 31.4. The van der Waals surface area contributed by atoms with Gasteiger partial charge in [0.25, 0.3) is 0 Å². The average Bonchev–Trinajstić information content (AvgIpc) is 3.11. The van der Waals surface area contributed by atoms with Gasteiger partial charge in [-0.25, -0.2) is 19.2 Å². The van der Waals surface area contributed by atoms with Crippen molar-refractivity contribution in [2.75, 3.05) is 28.4 Å².